The SMILES string of the molecule is CCOc1ccc(/C=C/C(=O)N2CCc3cc(C(=O)OC)ccc32)cc1OC. The molecule has 0 unspecified atom stereocenters. The van der Waals surface area contributed by atoms with E-state index in [1.165, 1.54) is 7.11 Å². The summed E-state index contributed by atoms with van der Waals surface area (Å²) in [6.07, 6.45) is 4.00. The average molecular weight is 381 g/mol. The van der Waals surface area contributed by atoms with Crippen LogP contribution < -0.4 is 14.4 Å². The minimum absolute atomic E-state index is 0.114. The summed E-state index contributed by atoms with van der Waals surface area (Å²) in [6, 6.07) is 10.8. The van der Waals surface area contributed by atoms with Crippen LogP contribution >= 0.6 is 0 Å². The van der Waals surface area contributed by atoms with Crippen LogP contribution in [-0.4, -0.2) is 39.2 Å². The quantitative estimate of drug-likeness (QED) is 0.566. The molecule has 28 heavy (non-hydrogen) atoms. The second kappa shape index (κ2) is 8.61. The molecule has 2 aromatic rings. The van der Waals surface area contributed by atoms with Crippen LogP contribution in [0.25, 0.3) is 6.08 Å². The van der Waals surface area contributed by atoms with Crippen LogP contribution in [0.2, 0.25) is 0 Å². The van der Waals surface area contributed by atoms with Crippen molar-refractivity contribution < 1.29 is 23.8 Å². The van der Waals surface area contributed by atoms with Gasteiger partial charge in [-0.1, -0.05) is 6.07 Å². The van der Waals surface area contributed by atoms with Crippen LogP contribution in [0.3, 0.4) is 0 Å². The molecule has 3 rings (SSSR count). The monoisotopic (exact) mass is 381 g/mol. The summed E-state index contributed by atoms with van der Waals surface area (Å²) in [5.74, 6) is 0.802. The van der Waals surface area contributed by atoms with Gasteiger partial charge in [0.05, 0.1) is 26.4 Å². The van der Waals surface area contributed by atoms with Crippen LogP contribution in [0.5, 0.6) is 11.5 Å². The Morgan fingerprint density at radius 2 is 1.93 bits per heavy atom. The first kappa shape index (κ1) is 19.5. The topological polar surface area (TPSA) is 65.1 Å². The minimum Gasteiger partial charge on any atom is -0.493 e. The molecule has 0 saturated heterocycles. The van der Waals surface area contributed by atoms with Crippen molar-refractivity contribution >= 4 is 23.6 Å². The number of hydrogen-bond acceptors (Lipinski definition) is 5. The Morgan fingerprint density at radius 3 is 2.64 bits per heavy atom. The molecule has 146 valence electrons. The van der Waals surface area contributed by atoms with Gasteiger partial charge in [-0.2, -0.15) is 0 Å². The van der Waals surface area contributed by atoms with Gasteiger partial charge in [-0.25, -0.2) is 4.79 Å². The fraction of sp³-hybridized carbons (Fsp3) is 0.273. The number of nitrogens with zero attached hydrogens (tertiary/aromatic N) is 1. The molecule has 1 heterocycles. The van der Waals surface area contributed by atoms with Gasteiger partial charge in [0.25, 0.3) is 5.91 Å². The van der Waals surface area contributed by atoms with Crippen molar-refractivity contribution in [3.05, 3.63) is 59.2 Å². The number of rotatable bonds is 6. The van der Waals surface area contributed by atoms with E-state index in [0.717, 1.165) is 16.8 Å². The molecule has 6 heteroatoms. The van der Waals surface area contributed by atoms with E-state index >= 15 is 0 Å². The van der Waals surface area contributed by atoms with Gasteiger partial charge in [0.1, 0.15) is 0 Å². The van der Waals surface area contributed by atoms with Gasteiger partial charge in [-0.15, -0.1) is 0 Å². The van der Waals surface area contributed by atoms with Crippen molar-refractivity contribution in [3.8, 4) is 11.5 Å². The molecule has 0 aromatic heterocycles. The van der Waals surface area contributed by atoms with Gasteiger partial charge < -0.3 is 19.1 Å². The van der Waals surface area contributed by atoms with Gasteiger partial charge in [0.15, 0.2) is 11.5 Å². The van der Waals surface area contributed by atoms with E-state index in [4.69, 9.17) is 14.2 Å². The molecule has 0 bridgehead atoms. The number of carbonyl (C=O) groups is 2. The number of carbonyl (C=O) groups excluding carboxylic acids is 2. The summed E-state index contributed by atoms with van der Waals surface area (Å²) < 4.78 is 15.6. The van der Waals surface area contributed by atoms with Crippen LogP contribution in [0.1, 0.15) is 28.4 Å². The minimum atomic E-state index is -0.378. The molecule has 0 aliphatic carbocycles. The molecule has 0 atom stereocenters. The summed E-state index contributed by atoms with van der Waals surface area (Å²) in [5, 5.41) is 0. The standard InChI is InChI=1S/C22H23NO5/c1-4-28-19-9-5-15(13-20(19)26-2)6-10-21(24)23-12-11-16-14-17(22(25)27-3)7-8-18(16)23/h5-10,13-14H,4,11-12H2,1-3H3/b10-6+. The first-order valence-corrected chi connectivity index (χ1v) is 9.09. The van der Waals surface area contributed by atoms with Crippen molar-refractivity contribution in [2.24, 2.45) is 0 Å². The molecule has 6 nitrogen and oxygen atoms in total. The smallest absolute Gasteiger partial charge is 0.337 e. The Balaban J connectivity index is 1.75. The maximum absolute atomic E-state index is 12.7. The number of amides is 1. The van der Waals surface area contributed by atoms with E-state index in [0.29, 0.717) is 36.6 Å². The molecule has 1 amide bonds. The lowest BCUT2D eigenvalue weighted by Crippen LogP contribution is -2.26. The van der Waals surface area contributed by atoms with E-state index < -0.39 is 0 Å². The van der Waals surface area contributed by atoms with E-state index in [-0.39, 0.29) is 11.9 Å². The maximum atomic E-state index is 12.7. The van der Waals surface area contributed by atoms with E-state index in [1.54, 1.807) is 42.4 Å². The number of anilines is 1. The third kappa shape index (κ3) is 4.01. The molecular formula is C22H23NO5. The van der Waals surface area contributed by atoms with Gasteiger partial charge >= 0.3 is 5.97 Å². The summed E-state index contributed by atoms with van der Waals surface area (Å²) in [6.45, 7) is 3.04. The van der Waals surface area contributed by atoms with Crippen molar-refractivity contribution in [2.75, 3.05) is 32.3 Å². The number of benzene rings is 2. The molecule has 0 spiro atoms. The molecule has 0 N–H and O–H groups in total. The summed E-state index contributed by atoms with van der Waals surface area (Å²) in [7, 11) is 2.94. The van der Waals surface area contributed by atoms with E-state index in [9.17, 15) is 9.59 Å². The number of methoxy groups -OCH3 is 2. The normalized spacial score (nSPS) is 12.8. The Morgan fingerprint density at radius 1 is 1.11 bits per heavy atom. The Kier molecular flexibility index (Phi) is 5.99. The largest absolute Gasteiger partial charge is 0.493 e. The number of esters is 1. The predicted molar refractivity (Wildman–Crippen MR) is 107 cm³/mol. The third-order valence-corrected chi connectivity index (χ3v) is 4.57. The second-order valence-corrected chi connectivity index (χ2v) is 6.25. The molecule has 0 radical (unpaired) electrons. The first-order chi connectivity index (χ1) is 13.6. The summed E-state index contributed by atoms with van der Waals surface area (Å²) in [5.41, 5.74) is 3.13. The van der Waals surface area contributed by atoms with Crippen molar-refractivity contribution in [2.45, 2.75) is 13.3 Å². The summed E-state index contributed by atoms with van der Waals surface area (Å²) in [4.78, 5) is 26.1. The lowest BCUT2D eigenvalue weighted by molar-refractivity contribution is -0.114. The predicted octanol–water partition coefficient (Wildman–Crippen LogP) is 3.48. The number of hydrogen-bond donors (Lipinski definition) is 0. The van der Waals surface area contributed by atoms with Crippen molar-refractivity contribution in [3.63, 3.8) is 0 Å². The number of fused-ring (bicyclic) bond motifs is 1. The van der Waals surface area contributed by atoms with Gasteiger partial charge in [0, 0.05) is 18.3 Å². The van der Waals surface area contributed by atoms with Crippen molar-refractivity contribution in [1.29, 1.82) is 0 Å². The van der Waals surface area contributed by atoms with Crippen molar-refractivity contribution in [1.82, 2.24) is 0 Å². The molecule has 0 saturated carbocycles. The Labute approximate surface area is 164 Å². The third-order valence-electron chi connectivity index (χ3n) is 4.57. The molecule has 2 aromatic carbocycles. The molecule has 1 aliphatic rings. The highest BCUT2D eigenvalue weighted by atomic mass is 16.5. The number of ether oxygens (including phenoxy) is 3. The summed E-state index contributed by atoms with van der Waals surface area (Å²) >= 11 is 0. The zero-order valence-corrected chi connectivity index (χ0v) is 16.2. The van der Waals surface area contributed by atoms with E-state index in [1.807, 2.05) is 25.1 Å². The highest BCUT2D eigenvalue weighted by Gasteiger charge is 2.24. The molecular weight excluding hydrogens is 358 g/mol. The highest BCUT2D eigenvalue weighted by molar-refractivity contribution is 6.05. The highest BCUT2D eigenvalue weighted by Crippen LogP contribution is 2.30. The first-order valence-electron chi connectivity index (χ1n) is 9.09. The fourth-order valence-corrected chi connectivity index (χ4v) is 3.20. The molecule has 0 fully saturated rings. The van der Waals surface area contributed by atoms with Gasteiger partial charge in [0.2, 0.25) is 0 Å². The Hall–Kier alpha value is -3.28. The zero-order valence-electron chi connectivity index (χ0n) is 16.2. The lowest BCUT2D eigenvalue weighted by Gasteiger charge is -2.15. The van der Waals surface area contributed by atoms with Gasteiger partial charge in [-0.3, -0.25) is 4.79 Å². The fourth-order valence-electron chi connectivity index (χ4n) is 3.20. The van der Waals surface area contributed by atoms with Crippen LogP contribution in [-0.2, 0) is 16.0 Å². The van der Waals surface area contributed by atoms with Crippen LogP contribution in [0.15, 0.2) is 42.5 Å². The van der Waals surface area contributed by atoms with Crippen LogP contribution in [0, 0.1) is 0 Å². The van der Waals surface area contributed by atoms with Crippen LogP contribution in [0.4, 0.5) is 5.69 Å². The van der Waals surface area contributed by atoms with E-state index in [2.05, 4.69) is 0 Å². The second-order valence-electron chi connectivity index (χ2n) is 6.25. The zero-order chi connectivity index (χ0) is 20.1. The van der Waals surface area contributed by atoms with Gasteiger partial charge in [-0.05, 0) is 60.9 Å². The lowest BCUT2D eigenvalue weighted by atomic mass is 10.1. The molecule has 1 aliphatic heterocycles. The Bertz CT molecular complexity index is 919. The maximum Gasteiger partial charge on any atom is 0.337 e. The average Bonchev–Trinajstić information content (AvgIpc) is 3.15.